The number of rotatable bonds is 3. The molecule has 0 bridgehead atoms. The molecule has 1 aliphatic rings. The molecule has 0 radical (unpaired) electrons. The van der Waals surface area contributed by atoms with Gasteiger partial charge in [0.2, 0.25) is 0 Å². The van der Waals surface area contributed by atoms with Gasteiger partial charge in [0.25, 0.3) is 17.5 Å². The number of carbonyl (C=O) groups excluding carboxylic acids is 2. The lowest BCUT2D eigenvalue weighted by Gasteiger charge is -2.24. The minimum absolute atomic E-state index is 0.116. The number of imide groups is 1. The Kier molecular flexibility index (Phi) is 4.49. The van der Waals surface area contributed by atoms with Gasteiger partial charge in [-0.2, -0.15) is 13.2 Å². The first kappa shape index (κ1) is 20.1. The van der Waals surface area contributed by atoms with Gasteiger partial charge in [-0.25, -0.2) is 4.90 Å². The van der Waals surface area contributed by atoms with Crippen LogP contribution in [0.4, 0.5) is 24.5 Å². The molecule has 0 spiro atoms. The van der Waals surface area contributed by atoms with Crippen molar-refractivity contribution in [1.29, 1.82) is 0 Å². The van der Waals surface area contributed by atoms with Crippen LogP contribution in [0.25, 0.3) is 11.1 Å². The smallest absolute Gasteiger partial charge is 0.422 e. The number of nitro groups is 1. The molecule has 0 aromatic heterocycles. The van der Waals surface area contributed by atoms with E-state index in [4.69, 9.17) is 0 Å². The normalized spacial score (nSPS) is 13.5. The number of nitrogens with zero attached hydrogens (tertiary/aromatic N) is 2. The van der Waals surface area contributed by atoms with E-state index in [0.29, 0.717) is 4.90 Å². The van der Waals surface area contributed by atoms with Crippen molar-refractivity contribution in [2.24, 2.45) is 0 Å². The molecule has 2 amide bonds. The van der Waals surface area contributed by atoms with Gasteiger partial charge in [-0.05, 0) is 23.8 Å². The highest BCUT2D eigenvalue weighted by molar-refractivity contribution is 6.35. The number of phenolic OH excluding ortho intramolecular Hbond substituents is 1. The summed E-state index contributed by atoms with van der Waals surface area (Å²) in [4.78, 5) is 36.5. The quantitative estimate of drug-likeness (QED) is 0.367. The molecule has 156 valence electrons. The summed E-state index contributed by atoms with van der Waals surface area (Å²) in [6, 6.07) is 12.6. The molecule has 3 aromatic carbocycles. The summed E-state index contributed by atoms with van der Waals surface area (Å²) in [5.41, 5.74) is -3.40. The maximum atomic E-state index is 13.9. The molecule has 0 fully saturated rings. The van der Waals surface area contributed by atoms with Crippen LogP contribution in [0, 0.1) is 10.1 Å². The summed E-state index contributed by atoms with van der Waals surface area (Å²) in [5.74, 6) is -3.40. The van der Waals surface area contributed by atoms with Gasteiger partial charge >= 0.3 is 6.18 Å². The fourth-order valence-corrected chi connectivity index (χ4v) is 3.49. The Bertz CT molecular complexity index is 1260. The maximum Gasteiger partial charge on any atom is 0.422 e. The van der Waals surface area contributed by atoms with Crippen molar-refractivity contribution in [2.75, 3.05) is 4.90 Å². The van der Waals surface area contributed by atoms with Crippen LogP contribution < -0.4 is 4.90 Å². The molecule has 1 aliphatic heterocycles. The Hall–Kier alpha value is -4.21. The summed E-state index contributed by atoms with van der Waals surface area (Å²) in [6.45, 7) is 0. The maximum absolute atomic E-state index is 13.9. The van der Waals surface area contributed by atoms with Crippen molar-refractivity contribution in [3.05, 3.63) is 87.5 Å². The number of hydrogen-bond acceptors (Lipinski definition) is 5. The number of anilines is 1. The zero-order valence-electron chi connectivity index (χ0n) is 15.4. The third kappa shape index (κ3) is 3.18. The average Bonchev–Trinajstić information content (AvgIpc) is 2.97. The number of phenols is 1. The third-order valence-electron chi connectivity index (χ3n) is 4.83. The first-order chi connectivity index (χ1) is 14.6. The van der Waals surface area contributed by atoms with Gasteiger partial charge in [-0.3, -0.25) is 19.7 Å². The van der Waals surface area contributed by atoms with Crippen molar-refractivity contribution in [3.8, 4) is 16.9 Å². The summed E-state index contributed by atoms with van der Waals surface area (Å²) in [5, 5.41) is 21.0. The van der Waals surface area contributed by atoms with Gasteiger partial charge < -0.3 is 5.11 Å². The lowest BCUT2D eigenvalue weighted by atomic mass is 9.97. The Morgan fingerprint density at radius 2 is 1.48 bits per heavy atom. The van der Waals surface area contributed by atoms with Gasteiger partial charge in [-0.1, -0.05) is 30.3 Å². The Morgan fingerprint density at radius 1 is 0.871 bits per heavy atom. The second-order valence-electron chi connectivity index (χ2n) is 6.65. The van der Waals surface area contributed by atoms with Crippen molar-refractivity contribution in [2.45, 2.75) is 6.18 Å². The first-order valence-electron chi connectivity index (χ1n) is 8.77. The lowest BCUT2D eigenvalue weighted by molar-refractivity contribution is -0.384. The zero-order chi connectivity index (χ0) is 22.5. The predicted molar refractivity (Wildman–Crippen MR) is 103 cm³/mol. The fraction of sp³-hybridized carbons (Fsp3) is 0.0476. The highest BCUT2D eigenvalue weighted by Crippen LogP contribution is 2.48. The molecule has 1 heterocycles. The van der Waals surface area contributed by atoms with E-state index < -0.39 is 51.2 Å². The third-order valence-corrected chi connectivity index (χ3v) is 4.83. The van der Waals surface area contributed by atoms with Gasteiger partial charge in [0.15, 0.2) is 0 Å². The van der Waals surface area contributed by atoms with Gasteiger partial charge in [0.05, 0.1) is 21.7 Å². The first-order valence-corrected chi connectivity index (χ1v) is 8.77. The molecule has 0 aliphatic carbocycles. The lowest BCUT2D eigenvalue weighted by Crippen LogP contribution is -2.32. The molecular weight excluding hydrogens is 417 g/mol. The van der Waals surface area contributed by atoms with Crippen LogP contribution in [-0.2, 0) is 6.18 Å². The van der Waals surface area contributed by atoms with Crippen LogP contribution in [0.5, 0.6) is 5.75 Å². The van der Waals surface area contributed by atoms with Crippen LogP contribution in [0.1, 0.15) is 26.3 Å². The number of aromatic hydroxyl groups is 1. The number of hydrogen-bond donors (Lipinski definition) is 1. The molecule has 0 saturated carbocycles. The van der Waals surface area contributed by atoms with Crippen LogP contribution in [-0.4, -0.2) is 21.8 Å². The van der Waals surface area contributed by atoms with E-state index in [9.17, 15) is 38.0 Å². The zero-order valence-corrected chi connectivity index (χ0v) is 15.4. The molecule has 4 rings (SSSR count). The highest BCUT2D eigenvalue weighted by atomic mass is 19.4. The summed E-state index contributed by atoms with van der Waals surface area (Å²) < 4.78 is 41.7. The van der Waals surface area contributed by atoms with Crippen molar-refractivity contribution >= 4 is 23.2 Å². The molecule has 0 saturated heterocycles. The van der Waals surface area contributed by atoms with Crippen molar-refractivity contribution < 1.29 is 32.8 Å². The Balaban J connectivity index is 2.01. The monoisotopic (exact) mass is 428 g/mol. The molecule has 7 nitrogen and oxygen atoms in total. The molecular formula is C21H11F3N2O5. The van der Waals surface area contributed by atoms with Crippen LogP contribution in [0.15, 0.2) is 60.7 Å². The predicted octanol–water partition coefficient (Wildman–Crippen LogP) is 4.79. The topological polar surface area (TPSA) is 101 Å². The van der Waals surface area contributed by atoms with Crippen LogP contribution in [0.3, 0.4) is 0 Å². The summed E-state index contributed by atoms with van der Waals surface area (Å²) in [7, 11) is 0. The van der Waals surface area contributed by atoms with Crippen LogP contribution in [0.2, 0.25) is 0 Å². The van der Waals surface area contributed by atoms with Crippen molar-refractivity contribution in [1.82, 2.24) is 0 Å². The van der Waals surface area contributed by atoms with Crippen molar-refractivity contribution in [3.63, 3.8) is 0 Å². The highest BCUT2D eigenvalue weighted by Gasteiger charge is 2.46. The van der Waals surface area contributed by atoms with E-state index in [1.807, 2.05) is 0 Å². The van der Waals surface area contributed by atoms with E-state index in [2.05, 4.69) is 0 Å². The standard InChI is InChI=1S/C21H11F3N2O5/c22-21(23,24)17-16(27)9-8-13(11-4-2-1-3-5-11)18(17)25-19(28)14-7-6-12(26(30)31)10-15(14)20(25)29/h1-10,27H. The Morgan fingerprint density at radius 3 is 2.10 bits per heavy atom. The van der Waals surface area contributed by atoms with E-state index in [0.717, 1.165) is 24.3 Å². The second kappa shape index (κ2) is 6.94. The van der Waals surface area contributed by atoms with E-state index in [1.54, 1.807) is 18.2 Å². The molecule has 0 unspecified atom stereocenters. The number of alkyl halides is 3. The molecule has 3 aromatic rings. The SMILES string of the molecule is O=C1c2ccc([N+](=O)[O-])cc2C(=O)N1c1c(-c2ccccc2)ccc(O)c1C(F)(F)F. The molecule has 10 heteroatoms. The van der Waals surface area contributed by atoms with Gasteiger partial charge in [0.1, 0.15) is 11.3 Å². The van der Waals surface area contributed by atoms with E-state index in [1.165, 1.54) is 18.2 Å². The number of amides is 2. The summed E-state index contributed by atoms with van der Waals surface area (Å²) >= 11 is 0. The number of fused-ring (bicyclic) bond motifs is 1. The number of carbonyl (C=O) groups is 2. The average molecular weight is 428 g/mol. The number of non-ortho nitro benzene ring substituents is 1. The molecule has 31 heavy (non-hydrogen) atoms. The Labute approximate surface area is 172 Å². The minimum atomic E-state index is -5.11. The van der Waals surface area contributed by atoms with Gasteiger partial charge in [-0.15, -0.1) is 0 Å². The van der Waals surface area contributed by atoms with Crippen LogP contribution >= 0.6 is 0 Å². The van der Waals surface area contributed by atoms with E-state index in [-0.39, 0.29) is 16.7 Å². The van der Waals surface area contributed by atoms with Gasteiger partial charge in [0, 0.05) is 17.7 Å². The minimum Gasteiger partial charge on any atom is -0.507 e. The largest absolute Gasteiger partial charge is 0.507 e. The molecule has 1 N–H and O–H groups in total. The molecule has 0 atom stereocenters. The van der Waals surface area contributed by atoms with E-state index >= 15 is 0 Å². The fourth-order valence-electron chi connectivity index (χ4n) is 3.49. The second-order valence-corrected chi connectivity index (χ2v) is 6.65. The summed E-state index contributed by atoms with van der Waals surface area (Å²) in [6.07, 6.45) is -5.11. The number of halogens is 3. The number of benzene rings is 3. The number of nitro benzene ring substituents is 1.